The molecule has 1 amide bonds. The summed E-state index contributed by atoms with van der Waals surface area (Å²) >= 11 is 0. The Labute approximate surface area is 142 Å². The summed E-state index contributed by atoms with van der Waals surface area (Å²) in [5.74, 6) is -1.52. The number of pyridine rings is 1. The zero-order valence-electron chi connectivity index (χ0n) is 13.4. The van der Waals surface area contributed by atoms with E-state index in [0.717, 1.165) is 4.90 Å². The van der Waals surface area contributed by atoms with Crippen molar-refractivity contribution in [3.05, 3.63) is 48.5 Å². The van der Waals surface area contributed by atoms with Crippen molar-refractivity contribution in [1.82, 2.24) is 15.0 Å². The molecule has 1 atom stereocenters. The molecule has 0 saturated carbocycles. The number of hydrogen-bond donors (Lipinski definition) is 3. The highest BCUT2D eigenvalue weighted by atomic mass is 16.4. The van der Waals surface area contributed by atoms with Crippen molar-refractivity contribution < 1.29 is 19.8 Å². The Hall–Kier alpha value is -3.42. The molecular weight excluding hydrogens is 324 g/mol. The molecule has 2 aromatic heterocycles. The van der Waals surface area contributed by atoms with Gasteiger partial charge < -0.3 is 15.2 Å². The van der Waals surface area contributed by atoms with Gasteiger partial charge in [0.2, 0.25) is 5.91 Å². The van der Waals surface area contributed by atoms with Crippen LogP contribution in [0.2, 0.25) is 0 Å². The van der Waals surface area contributed by atoms with Crippen LogP contribution in [0.25, 0.3) is 10.9 Å². The number of hydrogen-bond acceptors (Lipinski definition) is 5. The van der Waals surface area contributed by atoms with E-state index in [-0.39, 0.29) is 18.0 Å². The first-order valence-corrected chi connectivity index (χ1v) is 7.56. The number of H-pyrrole nitrogens is 1. The molecule has 0 bridgehead atoms. The molecule has 0 spiro atoms. The number of rotatable bonds is 5. The lowest BCUT2D eigenvalue weighted by Crippen LogP contribution is -2.46. The van der Waals surface area contributed by atoms with Gasteiger partial charge in [0.05, 0.1) is 12.0 Å². The lowest BCUT2D eigenvalue weighted by atomic mass is 10.1. The standard InChI is InChI=1S/C17H16N4O4/c1-10(22)21(13(17(24)25)7-12-8-18-9-19-12)15-6-5-11-3-2-4-14(23)16(11)20-15/h2-6,8-9,13,23H,7H2,1H3,(H,18,19)(H,24,25)/t13-/m0/s1. The predicted octanol–water partition coefficient (Wildman–Crippen LogP) is 1.71. The van der Waals surface area contributed by atoms with Gasteiger partial charge >= 0.3 is 5.97 Å². The second kappa shape index (κ2) is 6.60. The molecule has 1 aromatic carbocycles. The van der Waals surface area contributed by atoms with Crippen molar-refractivity contribution in [2.24, 2.45) is 0 Å². The van der Waals surface area contributed by atoms with Gasteiger partial charge in [0.25, 0.3) is 0 Å². The van der Waals surface area contributed by atoms with Crippen molar-refractivity contribution >= 4 is 28.6 Å². The molecule has 0 fully saturated rings. The van der Waals surface area contributed by atoms with Crippen LogP contribution in [-0.4, -0.2) is 43.1 Å². The first-order chi connectivity index (χ1) is 12.0. The number of fused-ring (bicyclic) bond motifs is 1. The van der Waals surface area contributed by atoms with E-state index in [1.165, 1.54) is 19.3 Å². The van der Waals surface area contributed by atoms with Crippen molar-refractivity contribution in [3.63, 3.8) is 0 Å². The number of nitrogens with zero attached hydrogens (tertiary/aromatic N) is 3. The Kier molecular flexibility index (Phi) is 4.34. The predicted molar refractivity (Wildman–Crippen MR) is 90.3 cm³/mol. The molecule has 3 aromatic rings. The number of carboxylic acids is 1. The Balaban J connectivity index is 2.06. The highest BCUT2D eigenvalue weighted by Crippen LogP contribution is 2.26. The van der Waals surface area contributed by atoms with Crippen LogP contribution in [0.1, 0.15) is 12.6 Å². The normalized spacial score (nSPS) is 12.0. The van der Waals surface area contributed by atoms with Gasteiger partial charge in [0, 0.05) is 24.9 Å². The molecule has 2 heterocycles. The molecule has 0 aliphatic rings. The first-order valence-electron chi connectivity index (χ1n) is 7.56. The van der Waals surface area contributed by atoms with Crippen molar-refractivity contribution in [2.75, 3.05) is 4.90 Å². The minimum Gasteiger partial charge on any atom is -0.506 e. The van der Waals surface area contributed by atoms with E-state index in [4.69, 9.17) is 0 Å². The highest BCUT2D eigenvalue weighted by Gasteiger charge is 2.31. The van der Waals surface area contributed by atoms with Crippen LogP contribution in [0.15, 0.2) is 42.9 Å². The summed E-state index contributed by atoms with van der Waals surface area (Å²) in [6.45, 7) is 1.28. The zero-order valence-corrected chi connectivity index (χ0v) is 13.4. The fourth-order valence-corrected chi connectivity index (χ4v) is 2.69. The number of carbonyl (C=O) groups is 2. The van der Waals surface area contributed by atoms with Gasteiger partial charge in [-0.3, -0.25) is 9.69 Å². The SMILES string of the molecule is CC(=O)N(c1ccc2cccc(O)c2n1)[C@@H](Cc1c[nH]cn1)C(=O)O. The maximum atomic E-state index is 12.2. The lowest BCUT2D eigenvalue weighted by Gasteiger charge is -2.26. The molecule has 3 rings (SSSR count). The molecule has 0 saturated heterocycles. The topological polar surface area (TPSA) is 119 Å². The monoisotopic (exact) mass is 340 g/mol. The molecule has 0 unspecified atom stereocenters. The highest BCUT2D eigenvalue weighted by molar-refractivity contribution is 5.98. The number of benzene rings is 1. The third kappa shape index (κ3) is 3.27. The Bertz CT molecular complexity index is 924. The van der Waals surface area contributed by atoms with Crippen molar-refractivity contribution in [1.29, 1.82) is 0 Å². The molecule has 0 aliphatic heterocycles. The number of carbonyl (C=O) groups excluding carboxylic acids is 1. The van der Waals surface area contributed by atoms with E-state index in [0.29, 0.717) is 16.6 Å². The number of aromatic nitrogens is 3. The molecule has 3 N–H and O–H groups in total. The van der Waals surface area contributed by atoms with Gasteiger partial charge in [-0.1, -0.05) is 12.1 Å². The largest absolute Gasteiger partial charge is 0.506 e. The third-order valence-corrected chi connectivity index (χ3v) is 3.82. The molecule has 0 radical (unpaired) electrons. The summed E-state index contributed by atoms with van der Waals surface area (Å²) in [6, 6.07) is 7.00. The number of imidazole rings is 1. The summed E-state index contributed by atoms with van der Waals surface area (Å²) in [4.78, 5) is 36.1. The van der Waals surface area contributed by atoms with Crippen LogP contribution in [0, 0.1) is 0 Å². The number of amides is 1. The fourth-order valence-electron chi connectivity index (χ4n) is 2.69. The summed E-state index contributed by atoms with van der Waals surface area (Å²) in [5, 5.41) is 20.3. The number of phenolic OH excluding ortho intramolecular Hbond substituents is 1. The quantitative estimate of drug-likeness (QED) is 0.650. The van der Waals surface area contributed by atoms with Gasteiger partial charge in [-0.2, -0.15) is 0 Å². The number of carboxylic acid groups (broad SMARTS) is 1. The Morgan fingerprint density at radius 1 is 1.28 bits per heavy atom. The summed E-state index contributed by atoms with van der Waals surface area (Å²) in [7, 11) is 0. The number of aliphatic carboxylic acids is 1. The van der Waals surface area contributed by atoms with E-state index in [2.05, 4.69) is 15.0 Å². The number of para-hydroxylation sites is 1. The van der Waals surface area contributed by atoms with E-state index < -0.39 is 17.9 Å². The summed E-state index contributed by atoms with van der Waals surface area (Å²) < 4.78 is 0. The molecule has 25 heavy (non-hydrogen) atoms. The third-order valence-electron chi connectivity index (χ3n) is 3.82. The summed E-state index contributed by atoms with van der Waals surface area (Å²) in [6.07, 6.45) is 3.05. The van der Waals surface area contributed by atoms with Crippen molar-refractivity contribution in [2.45, 2.75) is 19.4 Å². The second-order valence-electron chi connectivity index (χ2n) is 5.53. The Morgan fingerprint density at radius 2 is 2.08 bits per heavy atom. The van der Waals surface area contributed by atoms with Gasteiger partial charge in [-0.25, -0.2) is 14.8 Å². The molecule has 128 valence electrons. The summed E-state index contributed by atoms with van der Waals surface area (Å²) in [5.41, 5.74) is 0.817. The number of phenols is 1. The van der Waals surface area contributed by atoms with Gasteiger partial charge in [-0.05, 0) is 18.2 Å². The van der Waals surface area contributed by atoms with E-state index >= 15 is 0 Å². The average molecular weight is 340 g/mol. The van der Waals surface area contributed by atoms with Gasteiger partial charge in [0.1, 0.15) is 23.1 Å². The van der Waals surface area contributed by atoms with Crippen LogP contribution in [0.4, 0.5) is 5.82 Å². The van der Waals surface area contributed by atoms with E-state index in [1.807, 2.05) is 0 Å². The van der Waals surface area contributed by atoms with Crippen molar-refractivity contribution in [3.8, 4) is 5.75 Å². The number of anilines is 1. The van der Waals surface area contributed by atoms with Crippen LogP contribution < -0.4 is 4.90 Å². The maximum absolute atomic E-state index is 12.2. The van der Waals surface area contributed by atoms with Crippen LogP contribution in [0.3, 0.4) is 0 Å². The first kappa shape index (κ1) is 16.4. The van der Waals surface area contributed by atoms with Crippen LogP contribution in [-0.2, 0) is 16.0 Å². The second-order valence-corrected chi connectivity index (χ2v) is 5.53. The molecular formula is C17H16N4O4. The van der Waals surface area contributed by atoms with E-state index in [1.54, 1.807) is 30.5 Å². The zero-order chi connectivity index (χ0) is 18.0. The Morgan fingerprint density at radius 3 is 2.72 bits per heavy atom. The smallest absolute Gasteiger partial charge is 0.327 e. The number of aromatic hydroxyl groups is 1. The molecule has 8 nitrogen and oxygen atoms in total. The molecule has 8 heteroatoms. The lowest BCUT2D eigenvalue weighted by molar-refractivity contribution is -0.140. The average Bonchev–Trinajstić information content (AvgIpc) is 3.07. The minimum absolute atomic E-state index is 0.0267. The van der Waals surface area contributed by atoms with E-state index in [9.17, 15) is 19.8 Å². The minimum atomic E-state index is -1.17. The van der Waals surface area contributed by atoms with Gasteiger partial charge in [0.15, 0.2) is 0 Å². The molecule has 0 aliphatic carbocycles. The maximum Gasteiger partial charge on any atom is 0.327 e. The van der Waals surface area contributed by atoms with Crippen LogP contribution >= 0.6 is 0 Å². The fraction of sp³-hybridized carbons (Fsp3) is 0.176. The van der Waals surface area contributed by atoms with Gasteiger partial charge in [-0.15, -0.1) is 0 Å². The number of aromatic amines is 1. The number of nitrogens with one attached hydrogen (secondary N) is 1. The van der Waals surface area contributed by atoms with Crippen LogP contribution in [0.5, 0.6) is 5.75 Å².